The van der Waals surface area contributed by atoms with E-state index in [1.165, 1.54) is 0 Å². The first-order valence-corrected chi connectivity index (χ1v) is 13.4. The molecule has 0 fully saturated rings. The summed E-state index contributed by atoms with van der Waals surface area (Å²) >= 11 is 0. The average Bonchev–Trinajstić information content (AvgIpc) is 3.61. The normalized spacial score (nSPS) is 18.5. The number of H-pyrrole nitrogens is 1. The number of hydrogen-bond donors (Lipinski definition) is 1. The highest BCUT2D eigenvalue weighted by atomic mass is 19.2. The zero-order valence-corrected chi connectivity index (χ0v) is 23.1. The van der Waals surface area contributed by atoms with Crippen molar-refractivity contribution in [3.63, 3.8) is 0 Å². The van der Waals surface area contributed by atoms with Gasteiger partial charge >= 0.3 is 0 Å². The van der Waals surface area contributed by atoms with Crippen molar-refractivity contribution in [1.29, 1.82) is 0 Å². The lowest BCUT2D eigenvalue weighted by Crippen LogP contribution is -2.30. The number of allylic oxidation sites excluding steroid dienone is 1. The van der Waals surface area contributed by atoms with Gasteiger partial charge < -0.3 is 13.8 Å². The van der Waals surface area contributed by atoms with Crippen molar-refractivity contribution in [3.8, 4) is 0 Å². The van der Waals surface area contributed by atoms with Gasteiger partial charge in [0.2, 0.25) is 0 Å². The summed E-state index contributed by atoms with van der Waals surface area (Å²) in [5.74, 6) is -28.0. The van der Waals surface area contributed by atoms with Gasteiger partial charge in [-0.05, 0) is 25.1 Å². The van der Waals surface area contributed by atoms with Crippen LogP contribution in [0.2, 0.25) is 0 Å². The second kappa shape index (κ2) is 9.23. The summed E-state index contributed by atoms with van der Waals surface area (Å²) in [5, 5.41) is -4.30. The maximum atomic E-state index is 15.8. The van der Waals surface area contributed by atoms with E-state index in [2.05, 4.69) is 0 Å². The number of nitrogens with zero attached hydrogens (tertiary/aromatic N) is 2. The Kier molecular flexibility index (Phi) is 5.79. The van der Waals surface area contributed by atoms with E-state index >= 15 is 52.7 Å². The lowest BCUT2D eigenvalue weighted by molar-refractivity contribution is 0.0755. The minimum atomic E-state index is -3.83. The number of fused-ring (bicyclic) bond motifs is 10. The molecule has 1 aliphatic carbocycles. The summed E-state index contributed by atoms with van der Waals surface area (Å²) in [5.41, 5.74) is -14.4. The van der Waals surface area contributed by atoms with Gasteiger partial charge in [0.05, 0.1) is 33.0 Å². The van der Waals surface area contributed by atoms with Crippen LogP contribution in [0, 0.1) is 58.2 Å². The summed E-state index contributed by atoms with van der Waals surface area (Å²) in [6.07, 6.45) is -3.30. The van der Waals surface area contributed by atoms with E-state index in [1.807, 2.05) is 4.98 Å². The molecule has 0 amide bonds. The summed E-state index contributed by atoms with van der Waals surface area (Å²) in [7, 11) is 0. The van der Waals surface area contributed by atoms with Crippen molar-refractivity contribution in [3.05, 3.63) is 99.5 Å². The molecule has 1 aliphatic rings. The van der Waals surface area contributed by atoms with E-state index < -0.39 is 148 Å². The van der Waals surface area contributed by atoms with Gasteiger partial charge in [0.25, 0.3) is 0 Å². The first-order valence-electron chi connectivity index (χ1n) is 13.4. The van der Waals surface area contributed by atoms with Crippen LogP contribution in [0.3, 0.4) is 0 Å². The van der Waals surface area contributed by atoms with Crippen molar-refractivity contribution in [2.24, 2.45) is 0 Å². The topological polar surface area (TPSA) is 24.6 Å². The number of nitrogens with one attached hydrogen (secondary N) is 1. The number of rotatable bonds is 0. The third-order valence-electron chi connectivity index (χ3n) is 8.66. The predicted octanol–water partition coefficient (Wildman–Crippen LogP) is 10.4. The second-order valence-electron chi connectivity index (χ2n) is 11.2. The van der Waals surface area contributed by atoms with Gasteiger partial charge in [-0.2, -0.15) is 0 Å². The molecular weight excluding hydrogens is 680 g/mol. The van der Waals surface area contributed by atoms with Crippen LogP contribution in [0.1, 0.15) is 24.4 Å². The minimum Gasteiger partial charge on any atom is -0.347 e. The molecule has 7 aromatic rings. The molecule has 0 aliphatic heterocycles. The van der Waals surface area contributed by atoms with E-state index in [0.29, 0.717) is 8.80 Å². The molecule has 17 heteroatoms. The van der Waals surface area contributed by atoms with Crippen LogP contribution in [0.15, 0.2) is 30.1 Å². The predicted molar refractivity (Wildman–Crippen MR) is 144 cm³/mol. The molecule has 2 bridgehead atoms. The number of aromatic amines is 1. The lowest BCUT2D eigenvalue weighted by atomic mass is 9.87. The molecule has 3 aromatic heterocycles. The summed E-state index contributed by atoms with van der Waals surface area (Å²) < 4.78 is 215. The largest absolute Gasteiger partial charge is 0.347 e. The van der Waals surface area contributed by atoms with Crippen molar-refractivity contribution in [1.82, 2.24) is 13.8 Å². The molecule has 1 N–H and O–H groups in total. The fourth-order valence-electron chi connectivity index (χ4n) is 6.54. The van der Waals surface area contributed by atoms with Crippen molar-refractivity contribution >= 4 is 60.6 Å². The first-order chi connectivity index (χ1) is 22.5. The highest BCUT2D eigenvalue weighted by molar-refractivity contribution is 6.15. The molecule has 0 saturated heterocycles. The molecule has 0 radical (unpaired) electrons. The highest BCUT2D eigenvalue weighted by Gasteiger charge is 2.51. The zero-order valence-electron chi connectivity index (χ0n) is 23.1. The molecule has 2 atom stereocenters. The van der Waals surface area contributed by atoms with Gasteiger partial charge in [0.15, 0.2) is 81.7 Å². The Morgan fingerprint density at radius 2 is 1.04 bits per heavy atom. The Morgan fingerprint density at radius 1 is 0.583 bits per heavy atom. The molecule has 4 aromatic carbocycles. The molecule has 2 unspecified atom stereocenters. The molecule has 48 heavy (non-hydrogen) atoms. The molecular formula is C31H9F14N3. The highest BCUT2D eigenvalue weighted by Crippen LogP contribution is 2.54. The fraction of sp³-hybridized carbons (Fsp3) is 0.0968. The average molecular weight is 689 g/mol. The van der Waals surface area contributed by atoms with Crippen molar-refractivity contribution in [2.75, 3.05) is 0 Å². The number of benzene rings is 4. The maximum Gasteiger partial charge on any atom is 0.199 e. The molecule has 3 heterocycles. The Balaban J connectivity index is 1.85. The molecule has 8 rings (SSSR count). The number of alkyl halides is 2. The number of hydrogen-bond acceptors (Lipinski definition) is 0. The summed E-state index contributed by atoms with van der Waals surface area (Å²) in [6.45, 7) is 0.242. The van der Waals surface area contributed by atoms with Gasteiger partial charge in [-0.25, -0.2) is 61.5 Å². The summed E-state index contributed by atoms with van der Waals surface area (Å²) in [6, 6.07) is 3.70. The third kappa shape index (κ3) is 3.26. The van der Waals surface area contributed by atoms with Crippen LogP contribution in [-0.4, -0.2) is 19.5 Å². The fourth-order valence-corrected chi connectivity index (χ4v) is 6.54. The van der Waals surface area contributed by atoms with Crippen LogP contribution in [-0.2, 0) is 0 Å². The van der Waals surface area contributed by atoms with E-state index in [-0.39, 0.29) is 6.92 Å². The first kappa shape index (κ1) is 30.1. The Morgan fingerprint density at radius 3 is 1.62 bits per heavy atom. The molecule has 0 saturated carbocycles. The smallest absolute Gasteiger partial charge is 0.199 e. The van der Waals surface area contributed by atoms with Crippen molar-refractivity contribution in [2.45, 2.75) is 18.8 Å². The maximum absolute atomic E-state index is 15.8. The Bertz CT molecular complexity index is 2750. The van der Waals surface area contributed by atoms with Crippen molar-refractivity contribution < 1.29 is 61.5 Å². The van der Waals surface area contributed by atoms with E-state index in [0.717, 1.165) is 24.3 Å². The van der Waals surface area contributed by atoms with Crippen LogP contribution >= 0.6 is 0 Å². The standard InChI is InChI=1S/C31H9F14N3/c1-31(45)29(43)11-10-14(34)17(37)20(40)24-28(10)48(26(11)22(42)30(31)44)7-4-2-3-6(5-7)47-25-8(12(32)15(35)18(38)21(25)41)9-13(33)16(36)19(39)23(46-24)27(9)47/h2-5,29,46H,1H3. The second-order valence-corrected chi connectivity index (χ2v) is 11.2. The van der Waals surface area contributed by atoms with Gasteiger partial charge in [0.1, 0.15) is 11.0 Å². The third-order valence-corrected chi connectivity index (χ3v) is 8.66. The lowest BCUT2D eigenvalue weighted by Gasteiger charge is -2.28. The van der Waals surface area contributed by atoms with E-state index in [4.69, 9.17) is 0 Å². The zero-order chi connectivity index (χ0) is 34.6. The number of aromatic nitrogens is 3. The Labute approximate surface area is 254 Å². The minimum absolute atomic E-state index is 0.242. The number of halogens is 14. The van der Waals surface area contributed by atoms with Crippen LogP contribution in [0.4, 0.5) is 61.5 Å². The van der Waals surface area contributed by atoms with E-state index in [9.17, 15) is 8.78 Å². The van der Waals surface area contributed by atoms with Gasteiger partial charge in [0, 0.05) is 22.0 Å². The van der Waals surface area contributed by atoms with Crippen LogP contribution in [0.5, 0.6) is 0 Å². The Hall–Kier alpha value is -5.22. The monoisotopic (exact) mass is 689 g/mol. The molecule has 3 nitrogen and oxygen atoms in total. The van der Waals surface area contributed by atoms with Gasteiger partial charge in [-0.3, -0.25) is 0 Å². The van der Waals surface area contributed by atoms with Crippen LogP contribution in [0.25, 0.3) is 60.6 Å². The quantitative estimate of drug-likeness (QED) is 0.0932. The van der Waals surface area contributed by atoms with Crippen LogP contribution < -0.4 is 0 Å². The molecule has 0 spiro atoms. The van der Waals surface area contributed by atoms with Gasteiger partial charge in [-0.15, -0.1) is 0 Å². The summed E-state index contributed by atoms with van der Waals surface area (Å²) in [4.78, 5) is 1.84. The van der Waals surface area contributed by atoms with E-state index in [1.54, 1.807) is 0 Å². The SMILES string of the molecule is CC1(F)C(F)=C(F)c2c(c3c(F)c(F)c(F)c4[nH]c5c(F)c(F)c(F)c6c7c(F)c(F)c(F)c(F)c7n(c7cccc(c7)n2c43)c56)C1F. The van der Waals surface area contributed by atoms with Gasteiger partial charge in [-0.1, -0.05) is 6.07 Å². The molecule has 246 valence electrons.